The van der Waals surface area contributed by atoms with Crippen LogP contribution in [0.2, 0.25) is 5.02 Å². The highest BCUT2D eigenvalue weighted by Crippen LogP contribution is 2.68. The summed E-state index contributed by atoms with van der Waals surface area (Å²) in [5, 5.41) is 9.94. The van der Waals surface area contributed by atoms with Gasteiger partial charge in [0.05, 0.1) is 57.0 Å². The Morgan fingerprint density at radius 2 is 1.68 bits per heavy atom. The van der Waals surface area contributed by atoms with Gasteiger partial charge in [-0.2, -0.15) is 19.0 Å². The summed E-state index contributed by atoms with van der Waals surface area (Å²) in [6.45, 7) is 2.42. The molecule has 6 aromatic rings. The molecule has 350 valence electrons. The van der Waals surface area contributed by atoms with Crippen molar-refractivity contribution in [1.29, 1.82) is 0 Å². The molecule has 9 rings (SSSR count). The largest absolute Gasteiger partial charge is 0.372 e. The number of amides is 1. The van der Waals surface area contributed by atoms with Crippen molar-refractivity contribution in [2.24, 2.45) is 5.92 Å². The fourth-order valence-corrected chi connectivity index (χ4v) is 10.1. The van der Waals surface area contributed by atoms with Crippen LogP contribution in [0, 0.1) is 17.6 Å². The van der Waals surface area contributed by atoms with Gasteiger partial charge >= 0.3 is 0 Å². The minimum Gasteiger partial charge on any atom is -0.372 e. The van der Waals surface area contributed by atoms with E-state index < -0.39 is 112 Å². The number of sulfonamides is 1. The Labute approximate surface area is 374 Å². The van der Waals surface area contributed by atoms with Gasteiger partial charge in [-0.05, 0) is 74.2 Å². The number of carbonyl (C=O) groups excluding carboxylic acids is 1. The van der Waals surface area contributed by atoms with Gasteiger partial charge in [-0.15, -0.1) is 0 Å². The van der Waals surface area contributed by atoms with Crippen LogP contribution < -0.4 is 20.5 Å². The zero-order valence-electron chi connectivity index (χ0n) is 34.9. The number of ether oxygens (including phenoxy) is 1. The number of hydrogen-bond donors (Lipinski definition) is 2. The minimum atomic E-state index is -4.12. The maximum atomic E-state index is 15.6. The Balaban J connectivity index is 1.27. The van der Waals surface area contributed by atoms with Gasteiger partial charge in [0.15, 0.2) is 5.82 Å². The summed E-state index contributed by atoms with van der Waals surface area (Å²) >= 11 is 6.60. The van der Waals surface area contributed by atoms with Crippen LogP contribution in [0.5, 0.6) is 0 Å². The van der Waals surface area contributed by atoms with Crippen LogP contribution in [-0.2, 0) is 45.0 Å². The van der Waals surface area contributed by atoms with Crippen LogP contribution in [0.4, 0.5) is 46.6 Å². The first kappa shape index (κ1) is 45.4. The summed E-state index contributed by atoms with van der Waals surface area (Å²) in [7, 11) is -4.12. The van der Waals surface area contributed by atoms with Crippen LogP contribution in [0.15, 0.2) is 53.3 Å². The first-order chi connectivity index (χ1) is 31.1. The van der Waals surface area contributed by atoms with E-state index in [-0.39, 0.29) is 62.3 Å². The molecule has 5 atom stereocenters. The van der Waals surface area contributed by atoms with Gasteiger partial charge in [-0.1, -0.05) is 11.6 Å². The first-order valence-corrected chi connectivity index (χ1v) is 22.8. The van der Waals surface area contributed by atoms with E-state index in [0.717, 1.165) is 27.6 Å². The van der Waals surface area contributed by atoms with Crippen molar-refractivity contribution in [2.45, 2.75) is 82.7 Å². The zero-order chi connectivity index (χ0) is 47.3. The Morgan fingerprint density at radius 3 is 2.33 bits per heavy atom. The monoisotopic (exact) mass is 967 g/mol. The standard InChI is InChI=1S/C42H38ClF8N9O5S/c1-18-14-57(15-19(2)65-18)23-4-5-24-28(12-23)53-40(60(41(24)62)30-7-6-27(43)34-36(30)58(16-31(46)47)55-39(34)56-66(3,63)64)29(10-20-8-21(44)11-22(45)9-20)52-32(61)17-59-37-33(35(54-59)38(48)49)25-13-26(25)42(37,50)51/h4-9,11-12,18-19,25-26,29,31,38H,10,13-17H2,1-3H3,(H,52,61)(H,55,56)/t18-,19+,25-,26+,29-/m0/s1. The molecule has 3 aromatic carbocycles. The number of anilines is 2. The van der Waals surface area contributed by atoms with Crippen molar-refractivity contribution < 1.29 is 53.1 Å². The lowest BCUT2D eigenvalue weighted by atomic mass is 10.0. The number of fused-ring (bicyclic) bond motifs is 5. The third kappa shape index (κ3) is 8.33. The molecule has 1 aliphatic heterocycles. The average molecular weight is 968 g/mol. The highest BCUT2D eigenvalue weighted by molar-refractivity contribution is 7.92. The molecule has 1 saturated heterocycles. The van der Waals surface area contributed by atoms with E-state index in [1.807, 2.05) is 18.7 Å². The summed E-state index contributed by atoms with van der Waals surface area (Å²) in [6.07, 6.45) is -6.56. The van der Waals surface area contributed by atoms with Gasteiger partial charge in [-0.3, -0.25) is 28.2 Å². The molecule has 14 nitrogen and oxygen atoms in total. The topological polar surface area (TPSA) is 158 Å². The predicted molar refractivity (Wildman–Crippen MR) is 225 cm³/mol. The second kappa shape index (κ2) is 16.5. The highest BCUT2D eigenvalue weighted by Gasteiger charge is 2.67. The van der Waals surface area contributed by atoms with Crippen molar-refractivity contribution in [3.05, 3.63) is 104 Å². The molecular formula is C42H38ClF8N9O5S. The number of aromatic nitrogens is 6. The molecule has 0 unspecified atom stereocenters. The molecule has 2 fully saturated rings. The van der Waals surface area contributed by atoms with Crippen LogP contribution in [-0.4, -0.2) is 81.4 Å². The van der Waals surface area contributed by atoms with E-state index in [1.54, 1.807) is 12.1 Å². The number of benzene rings is 3. The number of morpholine rings is 1. The molecule has 4 heterocycles. The number of rotatable bonds is 13. The third-order valence-corrected chi connectivity index (χ3v) is 12.7. The molecule has 3 aliphatic rings. The molecular weight excluding hydrogens is 930 g/mol. The maximum Gasteiger partial charge on any atom is 0.293 e. The molecule has 24 heteroatoms. The normalized spacial score (nSPS) is 20.6. The summed E-state index contributed by atoms with van der Waals surface area (Å²) < 4.78 is 153. The van der Waals surface area contributed by atoms with E-state index in [1.165, 1.54) is 18.2 Å². The highest BCUT2D eigenvalue weighted by atomic mass is 35.5. The van der Waals surface area contributed by atoms with Crippen molar-refractivity contribution in [2.75, 3.05) is 29.0 Å². The lowest BCUT2D eigenvalue weighted by Crippen LogP contribution is -2.45. The van der Waals surface area contributed by atoms with Crippen molar-refractivity contribution in [3.63, 3.8) is 0 Å². The molecule has 1 saturated carbocycles. The van der Waals surface area contributed by atoms with E-state index >= 15 is 13.6 Å². The van der Waals surface area contributed by atoms with Crippen LogP contribution in [0.25, 0.3) is 27.5 Å². The van der Waals surface area contributed by atoms with Crippen molar-refractivity contribution in [3.8, 4) is 5.69 Å². The molecule has 66 heavy (non-hydrogen) atoms. The summed E-state index contributed by atoms with van der Waals surface area (Å²) in [5.74, 6) is -9.81. The maximum absolute atomic E-state index is 15.6. The average Bonchev–Trinajstić information content (AvgIpc) is 3.73. The summed E-state index contributed by atoms with van der Waals surface area (Å²) in [5.41, 5.74) is -3.02. The van der Waals surface area contributed by atoms with Crippen molar-refractivity contribution in [1.82, 2.24) is 34.4 Å². The first-order valence-electron chi connectivity index (χ1n) is 20.5. The Hall–Kier alpha value is -5.81. The Bertz CT molecular complexity index is 3100. The van der Waals surface area contributed by atoms with Crippen molar-refractivity contribution >= 4 is 60.8 Å². The molecule has 2 aliphatic carbocycles. The molecule has 0 bridgehead atoms. The van der Waals surface area contributed by atoms with E-state index in [9.17, 15) is 39.6 Å². The molecule has 1 amide bonds. The minimum absolute atomic E-state index is 0.0243. The predicted octanol–water partition coefficient (Wildman–Crippen LogP) is 7.36. The van der Waals surface area contributed by atoms with E-state index in [4.69, 9.17) is 21.3 Å². The van der Waals surface area contributed by atoms with Crippen LogP contribution >= 0.6 is 11.6 Å². The zero-order valence-corrected chi connectivity index (χ0v) is 36.5. The third-order valence-electron chi connectivity index (χ3n) is 11.8. The number of hydrogen-bond acceptors (Lipinski definition) is 9. The molecule has 2 N–H and O–H groups in total. The van der Waals surface area contributed by atoms with Gasteiger partial charge in [-0.25, -0.2) is 39.7 Å². The SMILES string of the molecule is C[C@@H]1CN(c2ccc3c(=O)n(-c4ccc(Cl)c5c(NS(C)(=O)=O)nn(CC(F)F)c45)c([C@H](Cc4cc(F)cc(F)c4)NC(=O)Cn4nc(C(F)F)c5c4C(F)(F)[C@@H]4C[C@H]54)nc3c2)C[C@H](C)O1. The summed E-state index contributed by atoms with van der Waals surface area (Å²) in [4.78, 5) is 36.2. The van der Waals surface area contributed by atoms with Gasteiger partial charge < -0.3 is 15.0 Å². The van der Waals surface area contributed by atoms with Gasteiger partial charge in [0.1, 0.15) is 41.9 Å². The molecule has 3 aromatic heterocycles. The number of carbonyl (C=O) groups is 1. The van der Waals surface area contributed by atoms with Crippen LogP contribution in [0.3, 0.4) is 0 Å². The molecule has 0 spiro atoms. The smallest absolute Gasteiger partial charge is 0.293 e. The quantitative estimate of drug-likeness (QED) is 0.113. The Morgan fingerprint density at radius 1 is 0.985 bits per heavy atom. The number of nitrogens with one attached hydrogen (secondary N) is 2. The number of alkyl halides is 6. The summed E-state index contributed by atoms with van der Waals surface area (Å²) in [6, 6.07) is 7.93. The van der Waals surface area contributed by atoms with Crippen LogP contribution in [0.1, 0.15) is 67.0 Å². The number of halogens is 9. The fourth-order valence-electron chi connectivity index (χ4n) is 9.32. The number of nitrogens with zero attached hydrogens (tertiary/aromatic N) is 7. The fraction of sp³-hybridized carbons (Fsp3) is 0.405. The second-order valence-corrected chi connectivity index (χ2v) is 19.0. The Kier molecular flexibility index (Phi) is 11.3. The van der Waals surface area contributed by atoms with E-state index in [2.05, 4.69) is 20.2 Å². The molecule has 0 radical (unpaired) electrons. The van der Waals surface area contributed by atoms with Gasteiger partial charge in [0.25, 0.3) is 24.3 Å². The lowest BCUT2D eigenvalue weighted by molar-refractivity contribution is -0.123. The lowest BCUT2D eigenvalue weighted by Gasteiger charge is -2.37. The van der Waals surface area contributed by atoms with Gasteiger partial charge in [0, 0.05) is 42.7 Å². The second-order valence-electron chi connectivity index (χ2n) is 16.8. The van der Waals surface area contributed by atoms with Gasteiger partial charge in [0.2, 0.25) is 15.9 Å². The van der Waals surface area contributed by atoms with E-state index in [0.29, 0.717) is 29.5 Å².